The number of hydrogen-bond donors (Lipinski definition) is 1. The Morgan fingerprint density at radius 2 is 1.83 bits per heavy atom. The standard InChI is InChI=1S/C23H28N2O3S/c1-28-23(27)21-18-10-4-2-3-5-11-19(18)29-22(21)24-20(26)15-25-13-12-16-8-6-7-9-17(16)14-25/h6-9H,2-5,10-15H2,1H3,(H,24,26). The maximum absolute atomic E-state index is 12.8. The summed E-state index contributed by atoms with van der Waals surface area (Å²) in [6.07, 6.45) is 7.45. The number of amides is 1. The maximum atomic E-state index is 12.8. The van der Waals surface area contributed by atoms with Gasteiger partial charge in [0.05, 0.1) is 19.2 Å². The number of rotatable bonds is 4. The first-order chi connectivity index (χ1) is 14.2. The van der Waals surface area contributed by atoms with Crippen molar-refractivity contribution in [3.8, 4) is 0 Å². The van der Waals surface area contributed by atoms with E-state index in [1.165, 1.54) is 36.0 Å². The number of methoxy groups -OCH3 is 1. The molecule has 0 radical (unpaired) electrons. The molecule has 6 heteroatoms. The van der Waals surface area contributed by atoms with Crippen LogP contribution in [0.5, 0.6) is 0 Å². The third kappa shape index (κ3) is 4.54. The van der Waals surface area contributed by atoms with Crippen LogP contribution >= 0.6 is 11.3 Å². The van der Waals surface area contributed by atoms with E-state index >= 15 is 0 Å². The number of esters is 1. The summed E-state index contributed by atoms with van der Waals surface area (Å²) in [6.45, 7) is 1.99. The Morgan fingerprint density at radius 3 is 2.62 bits per heavy atom. The lowest BCUT2D eigenvalue weighted by Crippen LogP contribution is -2.37. The first-order valence-electron chi connectivity index (χ1n) is 10.5. The number of nitrogens with zero attached hydrogens (tertiary/aromatic N) is 1. The Bertz CT molecular complexity index is 906. The van der Waals surface area contributed by atoms with Gasteiger partial charge in [0.25, 0.3) is 0 Å². The van der Waals surface area contributed by atoms with Crippen molar-refractivity contribution in [1.82, 2.24) is 4.90 Å². The predicted octanol–water partition coefficient (Wildman–Crippen LogP) is 4.19. The molecule has 1 aromatic heterocycles. The number of hydrogen-bond acceptors (Lipinski definition) is 5. The van der Waals surface area contributed by atoms with E-state index in [1.807, 2.05) is 6.07 Å². The van der Waals surface area contributed by atoms with E-state index in [0.29, 0.717) is 17.1 Å². The molecule has 29 heavy (non-hydrogen) atoms. The zero-order valence-corrected chi connectivity index (χ0v) is 17.8. The monoisotopic (exact) mass is 412 g/mol. The van der Waals surface area contributed by atoms with Crippen LogP contribution in [0, 0.1) is 0 Å². The molecule has 154 valence electrons. The minimum absolute atomic E-state index is 0.0660. The minimum Gasteiger partial charge on any atom is -0.465 e. The van der Waals surface area contributed by atoms with Crippen LogP contribution in [0.15, 0.2) is 24.3 Å². The lowest BCUT2D eigenvalue weighted by atomic mass is 9.96. The van der Waals surface area contributed by atoms with Crippen LogP contribution < -0.4 is 5.32 Å². The fraction of sp³-hybridized carbons (Fsp3) is 0.478. The van der Waals surface area contributed by atoms with E-state index < -0.39 is 0 Å². The van der Waals surface area contributed by atoms with E-state index in [9.17, 15) is 9.59 Å². The van der Waals surface area contributed by atoms with Crippen LogP contribution in [-0.4, -0.2) is 37.0 Å². The van der Waals surface area contributed by atoms with Crippen LogP contribution in [0.4, 0.5) is 5.00 Å². The molecular formula is C23H28N2O3S. The van der Waals surface area contributed by atoms with Crippen molar-refractivity contribution in [1.29, 1.82) is 0 Å². The summed E-state index contributed by atoms with van der Waals surface area (Å²) in [5.74, 6) is -0.408. The number of aryl methyl sites for hydroxylation is 1. The molecule has 0 fully saturated rings. The third-order valence-electron chi connectivity index (χ3n) is 5.89. The fourth-order valence-electron chi connectivity index (χ4n) is 4.38. The van der Waals surface area contributed by atoms with Crippen molar-refractivity contribution in [3.05, 3.63) is 51.4 Å². The van der Waals surface area contributed by atoms with Gasteiger partial charge in [-0.1, -0.05) is 37.1 Å². The van der Waals surface area contributed by atoms with Crippen molar-refractivity contribution in [3.63, 3.8) is 0 Å². The van der Waals surface area contributed by atoms with E-state index in [2.05, 4.69) is 28.4 Å². The zero-order chi connectivity index (χ0) is 20.2. The molecule has 0 bridgehead atoms. The van der Waals surface area contributed by atoms with Crippen LogP contribution in [0.1, 0.15) is 57.6 Å². The molecule has 2 aromatic rings. The highest BCUT2D eigenvalue weighted by atomic mass is 32.1. The minimum atomic E-state index is -0.342. The number of carbonyl (C=O) groups excluding carboxylic acids is 2. The first kappa shape index (κ1) is 20.1. The lowest BCUT2D eigenvalue weighted by molar-refractivity contribution is -0.117. The summed E-state index contributed by atoms with van der Waals surface area (Å²) in [5.41, 5.74) is 4.33. The van der Waals surface area contributed by atoms with Gasteiger partial charge in [0.15, 0.2) is 0 Å². The molecule has 1 aliphatic heterocycles. The molecule has 0 unspecified atom stereocenters. The van der Waals surface area contributed by atoms with Gasteiger partial charge < -0.3 is 10.1 Å². The normalized spacial score (nSPS) is 16.9. The second kappa shape index (κ2) is 9.09. The van der Waals surface area contributed by atoms with Gasteiger partial charge in [-0.05, 0) is 48.8 Å². The third-order valence-corrected chi connectivity index (χ3v) is 7.10. The number of fused-ring (bicyclic) bond motifs is 2. The second-order valence-corrected chi connectivity index (χ2v) is 9.00. The molecule has 0 saturated carbocycles. The van der Waals surface area contributed by atoms with Gasteiger partial charge in [0, 0.05) is 18.0 Å². The summed E-state index contributed by atoms with van der Waals surface area (Å²) in [5, 5.41) is 3.69. The topological polar surface area (TPSA) is 58.6 Å². The van der Waals surface area contributed by atoms with E-state index in [4.69, 9.17) is 4.74 Å². The Labute approximate surface area is 176 Å². The molecule has 0 saturated heterocycles. The molecule has 0 atom stereocenters. The molecule has 1 amide bonds. The second-order valence-electron chi connectivity index (χ2n) is 7.89. The summed E-state index contributed by atoms with van der Waals surface area (Å²) < 4.78 is 5.05. The van der Waals surface area contributed by atoms with Gasteiger partial charge in [0.1, 0.15) is 5.00 Å². The summed E-state index contributed by atoms with van der Waals surface area (Å²) in [4.78, 5) is 28.7. The van der Waals surface area contributed by atoms with Crippen LogP contribution in [0.25, 0.3) is 0 Å². The highest BCUT2D eigenvalue weighted by Crippen LogP contribution is 2.37. The summed E-state index contributed by atoms with van der Waals surface area (Å²) >= 11 is 1.56. The Balaban J connectivity index is 1.49. The number of anilines is 1. The Kier molecular flexibility index (Phi) is 6.31. The van der Waals surface area contributed by atoms with E-state index in [1.54, 1.807) is 11.3 Å². The molecule has 0 spiro atoms. The molecule has 1 aliphatic carbocycles. The Morgan fingerprint density at radius 1 is 1.07 bits per heavy atom. The molecule has 5 nitrogen and oxygen atoms in total. The predicted molar refractivity (Wildman–Crippen MR) is 116 cm³/mol. The van der Waals surface area contributed by atoms with Crippen molar-refractivity contribution in [2.24, 2.45) is 0 Å². The van der Waals surface area contributed by atoms with E-state index in [-0.39, 0.29) is 11.9 Å². The first-order valence-corrected chi connectivity index (χ1v) is 11.3. The average molecular weight is 413 g/mol. The number of carbonyl (C=O) groups is 2. The number of ether oxygens (including phenoxy) is 1. The van der Waals surface area contributed by atoms with Crippen LogP contribution in [0.3, 0.4) is 0 Å². The smallest absolute Gasteiger partial charge is 0.341 e. The highest BCUT2D eigenvalue weighted by Gasteiger charge is 2.26. The molecule has 2 aliphatic rings. The summed E-state index contributed by atoms with van der Waals surface area (Å²) in [6, 6.07) is 8.41. The van der Waals surface area contributed by atoms with Gasteiger partial charge in [0.2, 0.25) is 5.91 Å². The van der Waals surface area contributed by atoms with Gasteiger partial charge in [-0.15, -0.1) is 11.3 Å². The number of benzene rings is 1. The van der Waals surface area contributed by atoms with Crippen LogP contribution in [-0.2, 0) is 35.3 Å². The quantitative estimate of drug-likeness (QED) is 0.765. The molecule has 1 N–H and O–H groups in total. The van der Waals surface area contributed by atoms with E-state index in [0.717, 1.165) is 50.8 Å². The molecule has 1 aromatic carbocycles. The van der Waals surface area contributed by atoms with Gasteiger partial charge in [-0.2, -0.15) is 0 Å². The summed E-state index contributed by atoms with van der Waals surface area (Å²) in [7, 11) is 1.41. The lowest BCUT2D eigenvalue weighted by Gasteiger charge is -2.28. The van der Waals surface area contributed by atoms with Crippen molar-refractivity contribution < 1.29 is 14.3 Å². The molecule has 4 rings (SSSR count). The zero-order valence-electron chi connectivity index (χ0n) is 17.0. The van der Waals surface area contributed by atoms with Gasteiger partial charge in [-0.25, -0.2) is 4.79 Å². The van der Waals surface area contributed by atoms with Gasteiger partial charge >= 0.3 is 5.97 Å². The van der Waals surface area contributed by atoms with Crippen LogP contribution in [0.2, 0.25) is 0 Å². The largest absolute Gasteiger partial charge is 0.465 e. The average Bonchev–Trinajstić information content (AvgIpc) is 3.03. The van der Waals surface area contributed by atoms with Gasteiger partial charge in [-0.3, -0.25) is 9.69 Å². The number of thiophene rings is 1. The molecule has 2 heterocycles. The van der Waals surface area contributed by atoms with Crippen molar-refractivity contribution in [2.45, 2.75) is 51.5 Å². The highest BCUT2D eigenvalue weighted by molar-refractivity contribution is 7.17. The number of nitrogens with one attached hydrogen (secondary N) is 1. The molecular weight excluding hydrogens is 384 g/mol. The maximum Gasteiger partial charge on any atom is 0.341 e. The Hall–Kier alpha value is -2.18. The van der Waals surface area contributed by atoms with Crippen molar-refractivity contribution >= 4 is 28.2 Å². The SMILES string of the molecule is COC(=O)c1c(NC(=O)CN2CCc3ccccc3C2)sc2c1CCCCCC2. The fourth-order valence-corrected chi connectivity index (χ4v) is 5.68. The van der Waals surface area contributed by atoms with Crippen molar-refractivity contribution in [2.75, 3.05) is 25.5 Å².